The molecular formula is C78H152O17P2. The fraction of sp³-hybridized carbons (Fsp3) is 0.949. The predicted octanol–water partition coefficient (Wildman–Crippen LogP) is 23.0. The molecule has 0 radical (unpaired) electrons. The maximum Gasteiger partial charge on any atom is 0.472 e. The highest BCUT2D eigenvalue weighted by molar-refractivity contribution is 7.47. The molecule has 0 aliphatic heterocycles. The Bertz CT molecular complexity index is 1890. The number of carbonyl (C=O) groups excluding carboxylic acids is 4. The van der Waals surface area contributed by atoms with Crippen molar-refractivity contribution in [1.82, 2.24) is 0 Å². The molecule has 19 heteroatoms. The average molecular weight is 1420 g/mol. The lowest BCUT2D eigenvalue weighted by Crippen LogP contribution is -2.30. The van der Waals surface area contributed by atoms with Gasteiger partial charge in [-0.05, 0) is 43.4 Å². The predicted molar refractivity (Wildman–Crippen MR) is 395 cm³/mol. The molecule has 0 rings (SSSR count). The zero-order valence-corrected chi connectivity index (χ0v) is 65.3. The Morgan fingerprint density at radius 1 is 0.299 bits per heavy atom. The summed E-state index contributed by atoms with van der Waals surface area (Å²) in [4.78, 5) is 72.8. The highest BCUT2D eigenvalue weighted by Crippen LogP contribution is 2.45. The van der Waals surface area contributed by atoms with Crippen molar-refractivity contribution < 1.29 is 80.2 Å². The lowest BCUT2D eigenvalue weighted by atomic mass is 9.99. The van der Waals surface area contributed by atoms with Crippen LogP contribution in [0.3, 0.4) is 0 Å². The van der Waals surface area contributed by atoms with E-state index >= 15 is 0 Å². The number of unbranched alkanes of at least 4 members (excludes halogenated alkanes) is 42. The van der Waals surface area contributed by atoms with Crippen LogP contribution in [0.2, 0.25) is 0 Å². The van der Waals surface area contributed by atoms with Gasteiger partial charge in [-0.25, -0.2) is 9.13 Å². The van der Waals surface area contributed by atoms with E-state index in [0.29, 0.717) is 31.6 Å². The van der Waals surface area contributed by atoms with Gasteiger partial charge < -0.3 is 33.8 Å². The summed E-state index contributed by atoms with van der Waals surface area (Å²) in [6.45, 7) is 11.8. The van der Waals surface area contributed by atoms with Gasteiger partial charge in [0, 0.05) is 25.7 Å². The lowest BCUT2D eigenvalue weighted by molar-refractivity contribution is -0.161. The zero-order valence-electron chi connectivity index (χ0n) is 63.5. The molecule has 0 heterocycles. The van der Waals surface area contributed by atoms with E-state index in [-0.39, 0.29) is 25.7 Å². The summed E-state index contributed by atoms with van der Waals surface area (Å²) in [5, 5.41) is 10.6. The quantitative estimate of drug-likeness (QED) is 0.0222. The minimum Gasteiger partial charge on any atom is -0.462 e. The Hall–Kier alpha value is -1.94. The van der Waals surface area contributed by atoms with E-state index in [1.54, 1.807) is 0 Å². The third-order valence-electron chi connectivity index (χ3n) is 18.9. The summed E-state index contributed by atoms with van der Waals surface area (Å²) in [6.07, 6.45) is 55.7. The summed E-state index contributed by atoms with van der Waals surface area (Å²) >= 11 is 0. The summed E-state index contributed by atoms with van der Waals surface area (Å²) in [7, 11) is -9.91. The third kappa shape index (κ3) is 69.5. The number of ether oxygens (including phenoxy) is 4. The fourth-order valence-corrected chi connectivity index (χ4v) is 13.5. The van der Waals surface area contributed by atoms with Crippen LogP contribution in [0.5, 0.6) is 0 Å². The van der Waals surface area contributed by atoms with Gasteiger partial charge in [-0.3, -0.25) is 37.3 Å². The molecule has 0 aromatic carbocycles. The first-order valence-corrected chi connectivity index (χ1v) is 43.4. The van der Waals surface area contributed by atoms with Gasteiger partial charge in [-0.2, -0.15) is 0 Å². The van der Waals surface area contributed by atoms with Crippen LogP contribution in [0.1, 0.15) is 402 Å². The second-order valence-corrected chi connectivity index (χ2v) is 32.0. The van der Waals surface area contributed by atoms with Crippen molar-refractivity contribution in [1.29, 1.82) is 0 Å². The van der Waals surface area contributed by atoms with Crippen molar-refractivity contribution in [2.45, 2.75) is 420 Å². The third-order valence-corrected chi connectivity index (χ3v) is 20.8. The number of esters is 4. The number of aliphatic hydroxyl groups excluding tert-OH is 1. The van der Waals surface area contributed by atoms with E-state index in [2.05, 4.69) is 48.5 Å². The highest BCUT2D eigenvalue weighted by Gasteiger charge is 2.30. The lowest BCUT2D eigenvalue weighted by Gasteiger charge is -2.21. The van der Waals surface area contributed by atoms with Crippen LogP contribution in [-0.2, 0) is 65.4 Å². The molecule has 0 fully saturated rings. The number of rotatable bonds is 76. The van der Waals surface area contributed by atoms with Crippen molar-refractivity contribution in [3.63, 3.8) is 0 Å². The van der Waals surface area contributed by atoms with Gasteiger partial charge >= 0.3 is 39.5 Å². The first-order valence-electron chi connectivity index (χ1n) is 40.4. The Labute approximate surface area is 594 Å². The number of hydrogen-bond donors (Lipinski definition) is 3. The monoisotopic (exact) mass is 1420 g/mol. The molecule has 0 amide bonds. The number of phosphoric acid groups is 2. The first kappa shape index (κ1) is 95.1. The van der Waals surface area contributed by atoms with E-state index in [4.69, 9.17) is 37.0 Å². The highest BCUT2D eigenvalue weighted by atomic mass is 31.2. The van der Waals surface area contributed by atoms with Gasteiger partial charge in [0.15, 0.2) is 12.2 Å². The van der Waals surface area contributed by atoms with E-state index in [0.717, 1.165) is 108 Å². The number of phosphoric ester groups is 2. The molecule has 0 bridgehead atoms. The van der Waals surface area contributed by atoms with Crippen LogP contribution in [0, 0.1) is 17.8 Å². The smallest absolute Gasteiger partial charge is 0.462 e. The van der Waals surface area contributed by atoms with Gasteiger partial charge in [0.25, 0.3) is 0 Å². The molecule has 0 saturated heterocycles. The fourth-order valence-electron chi connectivity index (χ4n) is 11.9. The summed E-state index contributed by atoms with van der Waals surface area (Å²) in [5.41, 5.74) is 0. The molecule has 0 saturated carbocycles. The molecule has 576 valence electrons. The summed E-state index contributed by atoms with van der Waals surface area (Å²) < 4.78 is 68.5. The molecule has 97 heavy (non-hydrogen) atoms. The number of carbonyl (C=O) groups is 4. The standard InChI is InChI=1S/C78H152O17P2/c1-8-11-12-13-14-15-16-17-18-19-20-21-22-23-24-25-26-27-32-38-47-54-61-77(82)94-73(65-88-75(80)59-52-45-37-31-29-28-30-35-43-50-57-70(6)9-2)67-92-96(84,85)90-63-72(79)64-91-97(86,87)93-68-74(66-89-76(81)60-53-46-41-40-42-49-56-69(4)5)95-78(83)62-55-48-39-34-33-36-44-51-58-71(7)10-3/h69-74,79H,8-68H2,1-7H3,(H,84,85)(H,86,87)/t70?,71?,72-,73-,74-/m1/s1. The molecule has 0 aliphatic carbocycles. The molecule has 3 N–H and O–H groups in total. The minimum absolute atomic E-state index is 0.104. The first-order chi connectivity index (χ1) is 46.8. The Morgan fingerprint density at radius 3 is 0.784 bits per heavy atom. The SMILES string of the molecule is CCCCCCCCCCCCCCCCCCCCCCCCC(=O)O[C@H](COC(=O)CCCCCCCCCCCCC(C)CC)COP(=O)(O)OC[C@@H](O)COP(=O)(O)OC[C@@H](COC(=O)CCCCCCCCC(C)C)OC(=O)CCCCCCCCCCC(C)CC. The van der Waals surface area contributed by atoms with Crippen molar-refractivity contribution in [2.75, 3.05) is 39.6 Å². The van der Waals surface area contributed by atoms with Crippen LogP contribution in [0.25, 0.3) is 0 Å². The Balaban J connectivity index is 5.19. The molecular weight excluding hydrogens is 1270 g/mol. The minimum atomic E-state index is -4.96. The van der Waals surface area contributed by atoms with E-state index < -0.39 is 97.5 Å². The summed E-state index contributed by atoms with van der Waals surface area (Å²) in [6, 6.07) is 0. The zero-order chi connectivity index (χ0) is 71.6. The van der Waals surface area contributed by atoms with E-state index in [9.17, 15) is 43.2 Å². The molecule has 0 aromatic heterocycles. The molecule has 7 atom stereocenters. The molecule has 0 aliphatic rings. The van der Waals surface area contributed by atoms with Crippen molar-refractivity contribution >= 4 is 39.5 Å². The number of aliphatic hydroxyl groups is 1. The Morgan fingerprint density at radius 2 is 0.526 bits per heavy atom. The summed E-state index contributed by atoms with van der Waals surface area (Å²) in [5.74, 6) is 0.137. The van der Waals surface area contributed by atoms with Crippen LogP contribution in [-0.4, -0.2) is 96.7 Å². The van der Waals surface area contributed by atoms with Crippen LogP contribution in [0.4, 0.5) is 0 Å². The molecule has 0 aromatic rings. The van der Waals surface area contributed by atoms with Crippen molar-refractivity contribution in [3.05, 3.63) is 0 Å². The van der Waals surface area contributed by atoms with Gasteiger partial charge in [-0.15, -0.1) is 0 Å². The van der Waals surface area contributed by atoms with Gasteiger partial charge in [-0.1, -0.05) is 350 Å². The number of hydrogen-bond acceptors (Lipinski definition) is 15. The Kier molecular flexibility index (Phi) is 67.1. The maximum absolute atomic E-state index is 13.1. The van der Waals surface area contributed by atoms with Crippen molar-refractivity contribution in [2.24, 2.45) is 17.8 Å². The van der Waals surface area contributed by atoms with Crippen LogP contribution >= 0.6 is 15.6 Å². The van der Waals surface area contributed by atoms with Crippen molar-refractivity contribution in [3.8, 4) is 0 Å². The van der Waals surface area contributed by atoms with E-state index in [1.807, 2.05) is 0 Å². The van der Waals surface area contributed by atoms with Gasteiger partial charge in [0.05, 0.1) is 26.4 Å². The van der Waals surface area contributed by atoms with E-state index in [1.165, 1.54) is 205 Å². The van der Waals surface area contributed by atoms with Gasteiger partial charge in [0.1, 0.15) is 19.3 Å². The normalized spacial score (nSPS) is 14.6. The largest absolute Gasteiger partial charge is 0.472 e. The van der Waals surface area contributed by atoms with Crippen LogP contribution in [0.15, 0.2) is 0 Å². The second-order valence-electron chi connectivity index (χ2n) is 29.1. The topological polar surface area (TPSA) is 237 Å². The molecule has 0 spiro atoms. The second kappa shape index (κ2) is 68.5. The van der Waals surface area contributed by atoms with Crippen LogP contribution < -0.4 is 0 Å². The van der Waals surface area contributed by atoms with Gasteiger partial charge in [0.2, 0.25) is 0 Å². The maximum atomic E-state index is 13.1. The average Bonchev–Trinajstić information content (AvgIpc) is 1.75. The molecule has 17 nitrogen and oxygen atoms in total. The molecule has 4 unspecified atom stereocenters.